The van der Waals surface area contributed by atoms with Crippen LogP contribution in [0, 0.1) is 0 Å². The molecule has 1 aromatic heterocycles. The Morgan fingerprint density at radius 2 is 1.89 bits per heavy atom. The van der Waals surface area contributed by atoms with Gasteiger partial charge in [-0.3, -0.25) is 4.79 Å². The fraction of sp³-hybridized carbons (Fsp3) is 0.667. The maximum atomic E-state index is 11.6. The lowest BCUT2D eigenvalue weighted by Crippen LogP contribution is -2.51. The molecule has 0 radical (unpaired) electrons. The molecule has 10 N–H and O–H groups in total. The Hall–Kier alpha value is -2.77. The summed E-state index contributed by atoms with van der Waals surface area (Å²) in [4.78, 5) is 35.8. The number of aliphatic hydroxyl groups excluding tert-OH is 1. The minimum atomic E-state index is -1.42. The van der Waals surface area contributed by atoms with Gasteiger partial charge in [0.2, 0.25) is 11.8 Å². The number of carboxylic acid groups (broad SMARTS) is 1. The highest BCUT2D eigenvalue weighted by molar-refractivity contribution is 5.82. The Labute approximate surface area is 162 Å². The summed E-state index contributed by atoms with van der Waals surface area (Å²) in [5.41, 5.74) is 15.8. The largest absolute Gasteiger partial charge is 0.480 e. The second kappa shape index (κ2) is 13.4. The van der Waals surface area contributed by atoms with Crippen LogP contribution >= 0.6 is 0 Å². The van der Waals surface area contributed by atoms with Crippen LogP contribution in [-0.4, -0.2) is 57.0 Å². The van der Waals surface area contributed by atoms with Crippen molar-refractivity contribution in [3.63, 3.8) is 0 Å². The molecule has 0 bridgehead atoms. The van der Waals surface area contributed by atoms with Crippen molar-refractivity contribution < 1.29 is 29.1 Å². The summed E-state index contributed by atoms with van der Waals surface area (Å²) in [6.45, 7) is 3.06. The van der Waals surface area contributed by atoms with E-state index in [1.807, 2.05) is 0 Å². The van der Waals surface area contributed by atoms with Crippen LogP contribution in [0.15, 0.2) is 4.52 Å². The molecule has 0 spiro atoms. The highest BCUT2D eigenvalue weighted by Crippen LogP contribution is 2.13. The van der Waals surface area contributed by atoms with E-state index >= 15 is 0 Å². The molecule has 0 fully saturated rings. The first-order chi connectivity index (χ1) is 13.1. The van der Waals surface area contributed by atoms with Gasteiger partial charge in [0.25, 0.3) is 0 Å². The molecule has 13 nitrogen and oxygen atoms in total. The lowest BCUT2D eigenvalue weighted by atomic mass is 10.1. The van der Waals surface area contributed by atoms with Crippen LogP contribution in [-0.2, 0) is 16.1 Å². The van der Waals surface area contributed by atoms with Crippen LogP contribution < -0.4 is 27.8 Å². The smallest absolute Gasteiger partial charge is 0.328 e. The van der Waals surface area contributed by atoms with Gasteiger partial charge in [0.15, 0.2) is 11.9 Å². The van der Waals surface area contributed by atoms with E-state index in [9.17, 15) is 19.5 Å². The number of nitrogens with one attached hydrogen (secondary N) is 2. The number of carboxylic acids is 1. The summed E-state index contributed by atoms with van der Waals surface area (Å²) in [6, 6.07) is -2.58. The number of carbonyl (C=O) groups is 3. The third kappa shape index (κ3) is 11.1. The normalized spacial score (nSPS) is 13.5. The Morgan fingerprint density at radius 3 is 2.39 bits per heavy atom. The molecule has 13 heteroatoms. The van der Waals surface area contributed by atoms with Crippen LogP contribution in [0.5, 0.6) is 0 Å². The molecule has 0 aromatic carbocycles. The van der Waals surface area contributed by atoms with E-state index in [1.54, 1.807) is 0 Å². The first-order valence-corrected chi connectivity index (χ1v) is 8.57. The van der Waals surface area contributed by atoms with Crippen molar-refractivity contribution in [2.75, 3.05) is 6.54 Å². The molecule has 0 aliphatic heterocycles. The highest BCUT2D eigenvalue weighted by Gasteiger charge is 2.25. The minimum Gasteiger partial charge on any atom is -0.480 e. The van der Waals surface area contributed by atoms with E-state index < -0.39 is 24.1 Å². The van der Waals surface area contributed by atoms with Gasteiger partial charge < -0.3 is 42.6 Å². The highest BCUT2D eigenvalue weighted by atomic mass is 16.5. The number of aliphatic carboxylic acids is 1. The molecule has 160 valence electrons. The number of aromatic nitrogens is 2. The van der Waals surface area contributed by atoms with Gasteiger partial charge in [-0.25, -0.2) is 9.59 Å². The number of hydrogen-bond donors (Lipinski definition) is 7. The number of nitrogens with two attached hydrogens (primary N) is 3. The quantitative estimate of drug-likeness (QED) is 0.219. The maximum Gasteiger partial charge on any atom is 0.328 e. The van der Waals surface area contributed by atoms with E-state index in [0.29, 0.717) is 18.8 Å². The molecule has 3 atom stereocenters. The summed E-state index contributed by atoms with van der Waals surface area (Å²) >= 11 is 0. The zero-order chi connectivity index (χ0) is 21.7. The van der Waals surface area contributed by atoms with Crippen molar-refractivity contribution in [3.05, 3.63) is 11.7 Å². The fourth-order valence-electron chi connectivity index (χ4n) is 1.86. The van der Waals surface area contributed by atoms with Gasteiger partial charge in [0.1, 0.15) is 0 Å². The first kappa shape index (κ1) is 25.2. The number of hydrogen-bond acceptors (Lipinski definition) is 9. The number of aliphatic hydroxyl groups is 1. The number of unbranched alkanes of at least 4 members (excludes halogenated alkanes) is 1. The van der Waals surface area contributed by atoms with Crippen molar-refractivity contribution >= 4 is 17.9 Å². The van der Waals surface area contributed by atoms with Gasteiger partial charge in [-0.05, 0) is 26.3 Å². The summed E-state index contributed by atoms with van der Waals surface area (Å²) in [7, 11) is 0. The molecule has 1 rings (SSSR count). The third-order valence-electron chi connectivity index (χ3n) is 3.22. The predicted octanol–water partition coefficient (Wildman–Crippen LogP) is -1.68. The monoisotopic (exact) mass is 403 g/mol. The second-order valence-electron chi connectivity index (χ2n) is 5.93. The Morgan fingerprint density at radius 1 is 1.29 bits per heavy atom. The molecule has 0 aliphatic rings. The maximum absolute atomic E-state index is 11.6. The van der Waals surface area contributed by atoms with Crippen LogP contribution in [0.4, 0.5) is 4.79 Å². The average molecular weight is 403 g/mol. The van der Waals surface area contributed by atoms with Crippen LogP contribution in [0.25, 0.3) is 0 Å². The van der Waals surface area contributed by atoms with Crippen molar-refractivity contribution in [2.24, 2.45) is 17.2 Å². The molecular formula is C15H29N7O6. The number of primary amides is 1. The molecule has 28 heavy (non-hydrogen) atoms. The molecular weight excluding hydrogens is 374 g/mol. The standard InChI is InChI=1S/C13H24N6O5.C2H5NO/c1-7(20)10(12(21)22)18-13(23)16-6-9-17-11(19-24-9)8(15)4-2-3-5-14;1-2(3)4/h7-8,10,20H,2-6,14-15H2,1H3,(H,21,22)(H2,16,18,23);1H3,(H2,3,4). The second-order valence-corrected chi connectivity index (χ2v) is 5.93. The average Bonchev–Trinajstić information content (AvgIpc) is 3.06. The zero-order valence-corrected chi connectivity index (χ0v) is 15.9. The van der Waals surface area contributed by atoms with Gasteiger partial charge in [-0.2, -0.15) is 4.98 Å². The van der Waals surface area contributed by atoms with E-state index in [2.05, 4.69) is 26.5 Å². The molecule has 1 heterocycles. The van der Waals surface area contributed by atoms with Crippen molar-refractivity contribution in [1.82, 2.24) is 20.8 Å². The summed E-state index contributed by atoms with van der Waals surface area (Å²) < 4.78 is 4.97. The van der Waals surface area contributed by atoms with Crippen LogP contribution in [0.1, 0.15) is 50.9 Å². The number of urea groups is 1. The Balaban J connectivity index is 0.00000165. The van der Waals surface area contributed by atoms with Crippen molar-refractivity contribution in [2.45, 2.75) is 57.8 Å². The molecule has 1 aromatic rings. The first-order valence-electron chi connectivity index (χ1n) is 8.57. The minimum absolute atomic E-state index is 0.0967. The number of amides is 3. The fourth-order valence-corrected chi connectivity index (χ4v) is 1.86. The van der Waals surface area contributed by atoms with Crippen molar-refractivity contribution in [3.8, 4) is 0 Å². The summed E-state index contributed by atoms with van der Waals surface area (Å²) in [5.74, 6) is -1.21. The lowest BCUT2D eigenvalue weighted by Gasteiger charge is -2.16. The van der Waals surface area contributed by atoms with E-state index in [0.717, 1.165) is 12.8 Å². The summed E-state index contributed by atoms with van der Waals surface area (Å²) in [5, 5.41) is 26.4. The van der Waals surface area contributed by atoms with Crippen LogP contribution in [0.3, 0.4) is 0 Å². The van der Waals surface area contributed by atoms with Gasteiger partial charge in [0.05, 0.1) is 18.7 Å². The van der Waals surface area contributed by atoms with Crippen molar-refractivity contribution in [1.29, 1.82) is 0 Å². The van der Waals surface area contributed by atoms with Crippen LogP contribution in [0.2, 0.25) is 0 Å². The summed E-state index contributed by atoms with van der Waals surface area (Å²) in [6.07, 6.45) is 1.13. The molecule has 0 aliphatic carbocycles. The molecule has 3 unspecified atom stereocenters. The number of nitrogens with zero attached hydrogens (tertiary/aromatic N) is 2. The topological polar surface area (TPSA) is 233 Å². The van der Waals surface area contributed by atoms with Gasteiger partial charge >= 0.3 is 12.0 Å². The van der Waals surface area contributed by atoms with Gasteiger partial charge in [0, 0.05) is 6.92 Å². The third-order valence-corrected chi connectivity index (χ3v) is 3.22. The SMILES string of the molecule is CC(N)=O.CC(O)C(NC(=O)NCc1nc(C(N)CCCCN)no1)C(=O)O. The molecule has 3 amide bonds. The Bertz CT molecular complexity index is 618. The Kier molecular flexibility index (Phi) is 12.1. The van der Waals surface area contributed by atoms with E-state index in [4.69, 9.17) is 21.1 Å². The predicted molar refractivity (Wildman–Crippen MR) is 97.5 cm³/mol. The lowest BCUT2D eigenvalue weighted by molar-refractivity contribution is -0.141. The van der Waals surface area contributed by atoms with Gasteiger partial charge in [-0.1, -0.05) is 11.6 Å². The van der Waals surface area contributed by atoms with E-state index in [-0.39, 0.29) is 24.4 Å². The molecule has 0 saturated carbocycles. The number of carbonyl (C=O) groups excluding carboxylic acids is 2. The zero-order valence-electron chi connectivity index (χ0n) is 15.9. The number of rotatable bonds is 10. The molecule has 0 saturated heterocycles. The van der Waals surface area contributed by atoms with Gasteiger partial charge in [-0.15, -0.1) is 0 Å². The van der Waals surface area contributed by atoms with E-state index in [1.165, 1.54) is 13.8 Å².